The number of ether oxygens (including phenoxy) is 1. The summed E-state index contributed by atoms with van der Waals surface area (Å²) in [5.74, 6) is -1.41. The summed E-state index contributed by atoms with van der Waals surface area (Å²) in [6.07, 6.45) is 1.04. The Kier molecular flexibility index (Phi) is 5.14. The zero-order valence-electron chi connectivity index (χ0n) is 12.0. The average molecular weight is 301 g/mol. The van der Waals surface area contributed by atoms with Crippen LogP contribution in [0, 0.1) is 5.82 Å². The van der Waals surface area contributed by atoms with Crippen LogP contribution >= 0.6 is 0 Å². The van der Waals surface area contributed by atoms with E-state index in [0.717, 1.165) is 11.6 Å². The summed E-state index contributed by atoms with van der Waals surface area (Å²) in [5.41, 5.74) is 1.93. The minimum atomic E-state index is -1.05. The van der Waals surface area contributed by atoms with Crippen LogP contribution in [0.5, 0.6) is 5.75 Å². The van der Waals surface area contributed by atoms with Crippen LogP contribution in [0.4, 0.5) is 10.1 Å². The molecule has 0 fully saturated rings. The Morgan fingerprint density at radius 3 is 2.68 bits per heavy atom. The third-order valence-electron chi connectivity index (χ3n) is 2.85. The van der Waals surface area contributed by atoms with Crippen molar-refractivity contribution in [1.82, 2.24) is 0 Å². The first-order valence-corrected chi connectivity index (χ1v) is 6.69. The normalized spacial score (nSPS) is 11.1. The Hall–Kier alpha value is -2.82. The lowest BCUT2D eigenvalue weighted by atomic mass is 10.2. The summed E-state index contributed by atoms with van der Waals surface area (Å²) >= 11 is 0. The van der Waals surface area contributed by atoms with E-state index in [-0.39, 0.29) is 12.4 Å². The van der Waals surface area contributed by atoms with Crippen molar-refractivity contribution in [2.75, 3.05) is 5.32 Å². The van der Waals surface area contributed by atoms with Crippen LogP contribution in [0.2, 0.25) is 0 Å². The van der Waals surface area contributed by atoms with Crippen molar-refractivity contribution >= 4 is 11.7 Å². The molecule has 0 aromatic heterocycles. The molecule has 2 aromatic rings. The minimum Gasteiger partial charge on any atom is -0.486 e. The predicted molar refractivity (Wildman–Crippen MR) is 82.2 cm³/mol. The third kappa shape index (κ3) is 4.63. The van der Waals surface area contributed by atoms with Crippen molar-refractivity contribution in [2.24, 2.45) is 0 Å². The van der Waals surface area contributed by atoms with Gasteiger partial charge in [-0.3, -0.25) is 0 Å². The summed E-state index contributed by atoms with van der Waals surface area (Å²) < 4.78 is 19.2. The van der Waals surface area contributed by atoms with E-state index < -0.39 is 11.8 Å². The summed E-state index contributed by atoms with van der Waals surface area (Å²) in [6, 6.07) is 13.7. The van der Waals surface area contributed by atoms with Crippen LogP contribution in [0.1, 0.15) is 12.5 Å². The average Bonchev–Trinajstić information content (AvgIpc) is 2.48. The molecule has 0 saturated carbocycles. The van der Waals surface area contributed by atoms with Crippen molar-refractivity contribution in [1.29, 1.82) is 0 Å². The van der Waals surface area contributed by atoms with Crippen LogP contribution in [-0.4, -0.2) is 11.1 Å². The lowest BCUT2D eigenvalue weighted by molar-refractivity contribution is -0.131. The van der Waals surface area contributed by atoms with Crippen molar-refractivity contribution in [3.8, 4) is 5.75 Å². The fourth-order valence-corrected chi connectivity index (χ4v) is 1.88. The monoisotopic (exact) mass is 301 g/mol. The molecule has 0 atom stereocenters. The number of nitrogens with one attached hydrogen (secondary N) is 1. The Balaban J connectivity index is 2.08. The molecule has 0 amide bonds. The van der Waals surface area contributed by atoms with Crippen LogP contribution in [0.15, 0.2) is 60.3 Å². The van der Waals surface area contributed by atoms with Crippen molar-refractivity contribution in [3.05, 3.63) is 71.7 Å². The second kappa shape index (κ2) is 7.26. The van der Waals surface area contributed by atoms with Crippen LogP contribution < -0.4 is 10.1 Å². The zero-order valence-corrected chi connectivity index (χ0v) is 12.0. The van der Waals surface area contributed by atoms with Crippen molar-refractivity contribution in [3.63, 3.8) is 0 Å². The van der Waals surface area contributed by atoms with Gasteiger partial charge in [0.1, 0.15) is 6.61 Å². The van der Waals surface area contributed by atoms with Gasteiger partial charge in [-0.25, -0.2) is 9.18 Å². The fraction of sp³-hybridized carbons (Fsp3) is 0.118. The van der Waals surface area contributed by atoms with E-state index in [1.165, 1.54) is 18.2 Å². The van der Waals surface area contributed by atoms with Crippen LogP contribution in [-0.2, 0) is 11.4 Å². The standard InChI is InChI=1S/C17H16FNO3/c1-12(9-17(20)21)19-14-7-8-15(18)16(10-14)22-11-13-5-3-2-4-6-13/h2-10,19H,11H2,1H3,(H,20,21)/b12-9-. The maximum Gasteiger partial charge on any atom is 0.330 e. The molecular formula is C17H16FNO3. The number of rotatable bonds is 6. The zero-order chi connectivity index (χ0) is 15.9. The van der Waals surface area contributed by atoms with Crippen molar-refractivity contribution < 1.29 is 19.0 Å². The highest BCUT2D eigenvalue weighted by Crippen LogP contribution is 2.23. The minimum absolute atomic E-state index is 0.108. The number of hydrogen-bond acceptors (Lipinski definition) is 3. The first kappa shape index (κ1) is 15.6. The molecule has 0 bridgehead atoms. The van der Waals surface area contributed by atoms with E-state index in [1.807, 2.05) is 30.3 Å². The topological polar surface area (TPSA) is 58.6 Å². The number of hydrogen-bond donors (Lipinski definition) is 2. The van der Waals surface area contributed by atoms with Crippen LogP contribution in [0.3, 0.4) is 0 Å². The van der Waals surface area contributed by atoms with Crippen molar-refractivity contribution in [2.45, 2.75) is 13.5 Å². The Labute approximate surface area is 127 Å². The summed E-state index contributed by atoms with van der Waals surface area (Å²) in [4.78, 5) is 10.6. The largest absolute Gasteiger partial charge is 0.486 e. The molecule has 0 heterocycles. The molecule has 2 N–H and O–H groups in total. The fourth-order valence-electron chi connectivity index (χ4n) is 1.88. The van der Waals surface area contributed by atoms with E-state index in [9.17, 15) is 9.18 Å². The Morgan fingerprint density at radius 2 is 2.00 bits per heavy atom. The van der Waals surface area contributed by atoms with Gasteiger partial charge in [-0.1, -0.05) is 30.3 Å². The van der Waals surface area contributed by atoms with E-state index in [2.05, 4.69) is 5.32 Å². The quantitative estimate of drug-likeness (QED) is 0.797. The van der Waals surface area contributed by atoms with Gasteiger partial charge < -0.3 is 15.2 Å². The molecule has 5 heteroatoms. The molecule has 0 radical (unpaired) electrons. The molecule has 0 saturated heterocycles. The van der Waals surface area contributed by atoms with Gasteiger partial charge in [-0.05, 0) is 24.6 Å². The summed E-state index contributed by atoms with van der Waals surface area (Å²) in [7, 11) is 0. The summed E-state index contributed by atoms with van der Waals surface area (Å²) in [5, 5.41) is 11.5. The molecule has 2 aromatic carbocycles. The Bertz CT molecular complexity index is 684. The van der Waals surface area contributed by atoms with Crippen LogP contribution in [0.25, 0.3) is 0 Å². The third-order valence-corrected chi connectivity index (χ3v) is 2.85. The van der Waals surface area contributed by atoms with Gasteiger partial charge in [-0.15, -0.1) is 0 Å². The number of carbonyl (C=O) groups is 1. The number of carboxylic acids is 1. The number of halogens is 1. The number of allylic oxidation sites excluding steroid dienone is 1. The SMILES string of the molecule is C/C(=C/C(=O)O)Nc1ccc(F)c(OCc2ccccc2)c1. The molecular weight excluding hydrogens is 285 g/mol. The van der Waals surface area contributed by atoms with Gasteiger partial charge >= 0.3 is 5.97 Å². The lowest BCUT2D eigenvalue weighted by Crippen LogP contribution is -2.01. The molecule has 0 spiro atoms. The molecule has 22 heavy (non-hydrogen) atoms. The van der Waals surface area contributed by atoms with E-state index >= 15 is 0 Å². The second-order valence-corrected chi connectivity index (χ2v) is 4.71. The Morgan fingerprint density at radius 1 is 1.27 bits per heavy atom. The number of aliphatic carboxylic acids is 1. The molecule has 0 unspecified atom stereocenters. The van der Waals surface area contributed by atoms with Gasteiger partial charge in [-0.2, -0.15) is 0 Å². The molecule has 114 valence electrons. The van der Waals surface area contributed by atoms with E-state index in [4.69, 9.17) is 9.84 Å². The maximum absolute atomic E-state index is 13.8. The van der Waals surface area contributed by atoms with Gasteiger partial charge in [0.05, 0.1) is 0 Å². The highest BCUT2D eigenvalue weighted by Gasteiger charge is 2.06. The second-order valence-electron chi connectivity index (χ2n) is 4.71. The number of anilines is 1. The lowest BCUT2D eigenvalue weighted by Gasteiger charge is -2.11. The molecule has 2 rings (SSSR count). The highest BCUT2D eigenvalue weighted by molar-refractivity contribution is 5.81. The van der Waals surface area contributed by atoms with Gasteiger partial charge in [0, 0.05) is 23.5 Å². The van der Waals surface area contributed by atoms with E-state index in [0.29, 0.717) is 11.4 Å². The van der Waals surface area contributed by atoms with Gasteiger partial charge in [0.25, 0.3) is 0 Å². The number of carboxylic acid groups (broad SMARTS) is 1. The summed E-state index contributed by atoms with van der Waals surface area (Å²) in [6.45, 7) is 1.87. The molecule has 0 aliphatic heterocycles. The predicted octanol–water partition coefficient (Wildman–Crippen LogP) is 3.81. The molecule has 0 aliphatic rings. The first-order chi connectivity index (χ1) is 10.5. The first-order valence-electron chi connectivity index (χ1n) is 6.69. The molecule has 0 aliphatic carbocycles. The van der Waals surface area contributed by atoms with Gasteiger partial charge in [0.15, 0.2) is 11.6 Å². The smallest absolute Gasteiger partial charge is 0.330 e. The van der Waals surface area contributed by atoms with E-state index in [1.54, 1.807) is 6.92 Å². The number of benzene rings is 2. The highest BCUT2D eigenvalue weighted by atomic mass is 19.1. The van der Waals surface area contributed by atoms with Gasteiger partial charge in [0.2, 0.25) is 0 Å². The molecule has 4 nitrogen and oxygen atoms in total. The maximum atomic E-state index is 13.8.